The Morgan fingerprint density at radius 1 is 1.33 bits per heavy atom. The Labute approximate surface area is 149 Å². The smallest absolute Gasteiger partial charge is 0.264 e. The van der Waals surface area contributed by atoms with Gasteiger partial charge in [0.1, 0.15) is 5.52 Å². The monoisotopic (exact) mass is 360 g/mol. The van der Waals surface area contributed by atoms with Crippen molar-refractivity contribution in [2.75, 3.05) is 13.1 Å². The Hall–Kier alpha value is -1.85. The first-order valence-electron chi connectivity index (χ1n) is 8.01. The van der Waals surface area contributed by atoms with Crippen LogP contribution in [0.1, 0.15) is 39.9 Å². The van der Waals surface area contributed by atoms with Crippen molar-refractivity contribution in [1.29, 1.82) is 0 Å². The first-order chi connectivity index (χ1) is 11.6. The van der Waals surface area contributed by atoms with Crippen LogP contribution in [0.4, 0.5) is 0 Å². The Kier molecular flexibility index (Phi) is 4.06. The molecule has 0 aliphatic carbocycles. The van der Waals surface area contributed by atoms with E-state index in [0.717, 1.165) is 53.4 Å². The molecule has 124 valence electrons. The molecule has 0 unspecified atom stereocenters. The molecular formula is C18H17ClN2O2S. The number of hydrogen-bond acceptors (Lipinski definition) is 4. The third kappa shape index (κ3) is 2.82. The molecule has 0 N–H and O–H groups in total. The number of rotatable bonds is 2. The number of oxazole rings is 1. The molecule has 1 amide bonds. The lowest BCUT2D eigenvalue weighted by Gasteiger charge is -2.30. The minimum Gasteiger partial charge on any atom is -0.440 e. The second kappa shape index (κ2) is 6.22. The summed E-state index contributed by atoms with van der Waals surface area (Å²) in [6.07, 6.45) is 1.74. The number of piperidine rings is 1. The van der Waals surface area contributed by atoms with Crippen LogP contribution in [-0.4, -0.2) is 28.9 Å². The van der Waals surface area contributed by atoms with E-state index >= 15 is 0 Å². The zero-order valence-electron chi connectivity index (χ0n) is 13.3. The number of carbonyl (C=O) groups excluding carboxylic acids is 1. The summed E-state index contributed by atoms with van der Waals surface area (Å²) in [5, 5.41) is 2.63. The first kappa shape index (κ1) is 15.7. The average Bonchev–Trinajstić information content (AvgIpc) is 3.20. The van der Waals surface area contributed by atoms with Crippen LogP contribution < -0.4 is 0 Å². The molecule has 0 atom stereocenters. The van der Waals surface area contributed by atoms with Crippen LogP contribution >= 0.6 is 22.9 Å². The third-order valence-electron chi connectivity index (χ3n) is 4.55. The zero-order chi connectivity index (χ0) is 16.7. The molecule has 6 heteroatoms. The van der Waals surface area contributed by atoms with Gasteiger partial charge in [0.15, 0.2) is 11.5 Å². The summed E-state index contributed by atoms with van der Waals surface area (Å²) < 4.78 is 5.88. The van der Waals surface area contributed by atoms with Crippen LogP contribution in [0.25, 0.3) is 11.1 Å². The topological polar surface area (TPSA) is 46.3 Å². The number of fused-ring (bicyclic) bond motifs is 1. The number of amides is 1. The number of nitrogens with zero attached hydrogens (tertiary/aromatic N) is 2. The molecule has 2 aromatic heterocycles. The molecule has 1 aliphatic heterocycles. The number of benzene rings is 1. The molecule has 0 saturated carbocycles. The van der Waals surface area contributed by atoms with Crippen molar-refractivity contribution in [3.05, 3.63) is 51.0 Å². The third-order valence-corrected chi connectivity index (χ3v) is 5.79. The Bertz CT molecular complexity index is 893. The first-order valence-corrected chi connectivity index (χ1v) is 9.27. The van der Waals surface area contributed by atoms with Gasteiger partial charge in [-0.3, -0.25) is 4.79 Å². The van der Waals surface area contributed by atoms with Crippen LogP contribution in [-0.2, 0) is 0 Å². The minimum absolute atomic E-state index is 0.144. The van der Waals surface area contributed by atoms with E-state index < -0.39 is 0 Å². The van der Waals surface area contributed by atoms with E-state index in [-0.39, 0.29) is 11.8 Å². The van der Waals surface area contributed by atoms with Gasteiger partial charge in [-0.25, -0.2) is 4.98 Å². The predicted molar refractivity (Wildman–Crippen MR) is 96.0 cm³/mol. The maximum absolute atomic E-state index is 12.6. The van der Waals surface area contributed by atoms with Gasteiger partial charge in [0, 0.05) is 24.0 Å². The molecule has 0 bridgehead atoms. The highest BCUT2D eigenvalue weighted by molar-refractivity contribution is 7.12. The average molecular weight is 361 g/mol. The molecule has 0 spiro atoms. The molecule has 24 heavy (non-hydrogen) atoms. The van der Waals surface area contributed by atoms with Gasteiger partial charge in [0.05, 0.1) is 4.88 Å². The number of halogens is 1. The van der Waals surface area contributed by atoms with Gasteiger partial charge in [-0.05, 0) is 55.0 Å². The van der Waals surface area contributed by atoms with Crippen LogP contribution in [0.3, 0.4) is 0 Å². The number of carbonyl (C=O) groups is 1. The maximum Gasteiger partial charge on any atom is 0.264 e. The summed E-state index contributed by atoms with van der Waals surface area (Å²) in [5.74, 6) is 1.15. The number of aryl methyl sites for hydroxylation is 1. The van der Waals surface area contributed by atoms with Gasteiger partial charge in [0.25, 0.3) is 5.91 Å². The lowest BCUT2D eigenvalue weighted by molar-refractivity contribution is 0.0711. The summed E-state index contributed by atoms with van der Waals surface area (Å²) >= 11 is 7.52. The van der Waals surface area contributed by atoms with Crippen LogP contribution in [0.5, 0.6) is 0 Å². The highest BCUT2D eigenvalue weighted by Crippen LogP contribution is 2.31. The van der Waals surface area contributed by atoms with Gasteiger partial charge in [-0.2, -0.15) is 0 Å². The highest BCUT2D eigenvalue weighted by Gasteiger charge is 2.28. The van der Waals surface area contributed by atoms with Crippen molar-refractivity contribution >= 4 is 39.9 Å². The predicted octanol–water partition coefficient (Wildman–Crippen LogP) is 4.87. The Morgan fingerprint density at radius 2 is 2.12 bits per heavy atom. The van der Waals surface area contributed by atoms with Gasteiger partial charge in [-0.1, -0.05) is 11.6 Å². The second-order valence-corrected chi connectivity index (χ2v) is 7.52. The van der Waals surface area contributed by atoms with Crippen molar-refractivity contribution in [1.82, 2.24) is 9.88 Å². The van der Waals surface area contributed by atoms with Crippen LogP contribution in [0.15, 0.2) is 34.1 Å². The zero-order valence-corrected chi connectivity index (χ0v) is 14.9. The van der Waals surface area contributed by atoms with Crippen LogP contribution in [0.2, 0.25) is 5.02 Å². The lowest BCUT2D eigenvalue weighted by atomic mass is 9.96. The van der Waals surface area contributed by atoms with Crippen molar-refractivity contribution in [3.63, 3.8) is 0 Å². The summed E-state index contributed by atoms with van der Waals surface area (Å²) in [6, 6.07) is 7.48. The molecule has 1 saturated heterocycles. The van der Waals surface area contributed by atoms with Crippen molar-refractivity contribution < 1.29 is 9.21 Å². The fourth-order valence-corrected chi connectivity index (χ4v) is 4.22. The number of aromatic nitrogens is 1. The molecule has 3 aromatic rings. The molecular weight excluding hydrogens is 344 g/mol. The fraction of sp³-hybridized carbons (Fsp3) is 0.333. The molecule has 4 rings (SSSR count). The van der Waals surface area contributed by atoms with E-state index in [0.29, 0.717) is 5.02 Å². The number of hydrogen-bond donors (Lipinski definition) is 0. The standard InChI is InChI=1S/C18H17ClN2O2S/c1-11-6-9-24-16(11)18(22)21-7-4-12(5-8-21)17-20-14-10-13(19)2-3-15(14)23-17/h2-3,6,9-10,12H,4-5,7-8H2,1H3. The van der Waals surface area contributed by atoms with Gasteiger partial charge in [0.2, 0.25) is 0 Å². The molecule has 1 aromatic carbocycles. The summed E-state index contributed by atoms with van der Waals surface area (Å²) in [5.41, 5.74) is 2.62. The van der Waals surface area contributed by atoms with E-state index in [2.05, 4.69) is 4.98 Å². The van der Waals surface area contributed by atoms with E-state index in [1.807, 2.05) is 41.5 Å². The van der Waals surface area contributed by atoms with Gasteiger partial charge < -0.3 is 9.32 Å². The molecule has 3 heterocycles. The number of likely N-dealkylation sites (tertiary alicyclic amines) is 1. The van der Waals surface area contributed by atoms with Gasteiger partial charge >= 0.3 is 0 Å². The molecule has 1 fully saturated rings. The van der Waals surface area contributed by atoms with E-state index in [4.69, 9.17) is 16.0 Å². The maximum atomic E-state index is 12.6. The van der Waals surface area contributed by atoms with Crippen molar-refractivity contribution in [3.8, 4) is 0 Å². The molecule has 0 radical (unpaired) electrons. The van der Waals surface area contributed by atoms with Gasteiger partial charge in [-0.15, -0.1) is 11.3 Å². The fourth-order valence-electron chi connectivity index (χ4n) is 3.16. The normalized spacial score (nSPS) is 16.0. The molecule has 1 aliphatic rings. The Balaban J connectivity index is 1.47. The summed E-state index contributed by atoms with van der Waals surface area (Å²) in [4.78, 5) is 20.0. The number of thiophene rings is 1. The Morgan fingerprint density at radius 3 is 2.83 bits per heavy atom. The van der Waals surface area contributed by atoms with E-state index in [1.165, 1.54) is 11.3 Å². The summed E-state index contributed by atoms with van der Waals surface area (Å²) in [7, 11) is 0. The summed E-state index contributed by atoms with van der Waals surface area (Å²) in [6.45, 7) is 3.46. The van der Waals surface area contributed by atoms with Crippen molar-refractivity contribution in [2.45, 2.75) is 25.7 Å². The quantitative estimate of drug-likeness (QED) is 0.654. The lowest BCUT2D eigenvalue weighted by Crippen LogP contribution is -2.37. The van der Waals surface area contributed by atoms with E-state index in [9.17, 15) is 4.79 Å². The molecule has 4 nitrogen and oxygen atoms in total. The SMILES string of the molecule is Cc1ccsc1C(=O)N1CCC(c2nc3cc(Cl)ccc3o2)CC1. The van der Waals surface area contributed by atoms with E-state index in [1.54, 1.807) is 0 Å². The van der Waals surface area contributed by atoms with Crippen LogP contribution in [0, 0.1) is 6.92 Å². The highest BCUT2D eigenvalue weighted by atomic mass is 35.5. The second-order valence-electron chi connectivity index (χ2n) is 6.16. The largest absolute Gasteiger partial charge is 0.440 e. The van der Waals surface area contributed by atoms with Crippen molar-refractivity contribution in [2.24, 2.45) is 0 Å². The minimum atomic E-state index is 0.144.